The lowest BCUT2D eigenvalue weighted by molar-refractivity contribution is -0.117. The summed E-state index contributed by atoms with van der Waals surface area (Å²) in [6, 6.07) is 12.2. The molecule has 0 fully saturated rings. The van der Waals surface area contributed by atoms with Gasteiger partial charge in [0.25, 0.3) is 5.91 Å². The zero-order valence-electron chi connectivity index (χ0n) is 16.5. The van der Waals surface area contributed by atoms with Gasteiger partial charge in [0.05, 0.1) is 24.2 Å². The van der Waals surface area contributed by atoms with E-state index >= 15 is 0 Å². The molecule has 0 saturated heterocycles. The Labute approximate surface area is 182 Å². The van der Waals surface area contributed by atoms with Crippen molar-refractivity contribution in [3.63, 3.8) is 0 Å². The smallest absolute Gasteiger partial charge is 0.282 e. The third kappa shape index (κ3) is 3.83. The van der Waals surface area contributed by atoms with E-state index in [1.54, 1.807) is 32.2 Å². The molecule has 0 spiro atoms. The Kier molecular flexibility index (Phi) is 5.61. The van der Waals surface area contributed by atoms with Crippen LogP contribution in [0.25, 0.3) is 11.3 Å². The summed E-state index contributed by atoms with van der Waals surface area (Å²) in [6.07, 6.45) is 0. The third-order valence-electron chi connectivity index (χ3n) is 4.68. The number of carbonyl (C=O) groups excluding carboxylic acids is 1. The third-order valence-corrected chi connectivity index (χ3v) is 5.90. The normalized spacial score (nSPS) is 16.4. The molecule has 1 aliphatic rings. The van der Waals surface area contributed by atoms with E-state index in [1.165, 1.54) is 16.3 Å². The minimum atomic E-state index is -0.781. The number of nitrogens with zero attached hydrogens (tertiary/aromatic N) is 5. The largest absolute Gasteiger partial charge is 0.497 e. The van der Waals surface area contributed by atoms with Crippen LogP contribution in [0.4, 0.5) is 10.8 Å². The molecule has 1 aromatic heterocycles. The zero-order valence-corrected chi connectivity index (χ0v) is 18.1. The molecule has 1 unspecified atom stereocenters. The molecule has 2 aromatic carbocycles. The molecule has 1 atom stereocenters. The molecule has 0 radical (unpaired) electrons. The van der Waals surface area contributed by atoms with E-state index in [4.69, 9.17) is 16.3 Å². The first-order chi connectivity index (χ1) is 14.5. The summed E-state index contributed by atoms with van der Waals surface area (Å²) in [4.78, 5) is 17.5. The molecule has 0 aliphatic carbocycles. The molecule has 1 aliphatic heterocycles. The molecule has 2 heterocycles. The van der Waals surface area contributed by atoms with Gasteiger partial charge in [0.2, 0.25) is 5.13 Å². The molecule has 30 heavy (non-hydrogen) atoms. The highest BCUT2D eigenvalue weighted by atomic mass is 35.5. The van der Waals surface area contributed by atoms with Crippen LogP contribution in [0.3, 0.4) is 0 Å². The maximum Gasteiger partial charge on any atom is 0.282 e. The fraction of sp³-hybridized carbons (Fsp3) is 0.190. The van der Waals surface area contributed by atoms with E-state index < -0.39 is 6.04 Å². The van der Waals surface area contributed by atoms with Crippen LogP contribution in [-0.2, 0) is 4.79 Å². The maximum atomic E-state index is 12.9. The van der Waals surface area contributed by atoms with Gasteiger partial charge in [-0.05, 0) is 55.8 Å². The van der Waals surface area contributed by atoms with E-state index in [9.17, 15) is 4.79 Å². The van der Waals surface area contributed by atoms with Crippen LogP contribution in [0.2, 0.25) is 5.02 Å². The van der Waals surface area contributed by atoms with Crippen LogP contribution in [0.5, 0.6) is 5.75 Å². The van der Waals surface area contributed by atoms with Gasteiger partial charge in [-0.2, -0.15) is 20.3 Å². The molecule has 0 saturated carbocycles. The molecular formula is C21H18ClN5O2S. The lowest BCUT2D eigenvalue weighted by Gasteiger charge is -2.08. The number of benzene rings is 2. The number of carbonyl (C=O) groups is 1. The number of azo groups is 1. The number of methoxy groups -OCH3 is 1. The topological polar surface area (TPSA) is 79.5 Å². The first kappa shape index (κ1) is 20.2. The number of amides is 1. The highest BCUT2D eigenvalue weighted by Gasteiger charge is 2.36. The average molecular weight is 440 g/mol. The maximum absolute atomic E-state index is 12.9. The fourth-order valence-corrected chi connectivity index (χ4v) is 3.86. The van der Waals surface area contributed by atoms with Gasteiger partial charge in [-0.3, -0.25) is 4.79 Å². The second-order valence-corrected chi connectivity index (χ2v) is 7.88. The number of hydrazone groups is 1. The van der Waals surface area contributed by atoms with Crippen molar-refractivity contribution in [3.8, 4) is 17.0 Å². The average Bonchev–Trinajstić information content (AvgIpc) is 3.34. The summed E-state index contributed by atoms with van der Waals surface area (Å²) in [6.45, 7) is 3.61. The van der Waals surface area contributed by atoms with Crippen molar-refractivity contribution in [2.75, 3.05) is 12.1 Å². The van der Waals surface area contributed by atoms with Crippen molar-refractivity contribution in [3.05, 3.63) is 58.4 Å². The van der Waals surface area contributed by atoms with E-state index in [-0.39, 0.29) is 5.91 Å². The number of rotatable bonds is 5. The Morgan fingerprint density at radius 2 is 1.93 bits per heavy atom. The van der Waals surface area contributed by atoms with Crippen molar-refractivity contribution < 1.29 is 9.53 Å². The molecule has 4 rings (SSSR count). The molecular weight excluding hydrogens is 422 g/mol. The number of halogens is 1. The predicted molar refractivity (Wildman–Crippen MR) is 119 cm³/mol. The SMILES string of the molecule is COc1ccc(-c2csc(N3N=C(C)C(N=Nc4cccc(Cl)c4C)C3=O)n2)cc1. The second kappa shape index (κ2) is 8.33. The van der Waals surface area contributed by atoms with Gasteiger partial charge in [-0.1, -0.05) is 17.7 Å². The highest BCUT2D eigenvalue weighted by molar-refractivity contribution is 7.14. The predicted octanol–water partition coefficient (Wildman–Crippen LogP) is 5.66. The Hall–Kier alpha value is -3.10. The van der Waals surface area contributed by atoms with E-state index in [1.807, 2.05) is 36.6 Å². The van der Waals surface area contributed by atoms with Crippen molar-refractivity contribution in [2.45, 2.75) is 19.9 Å². The standard InChI is InChI=1S/C21H18ClN5O2S/c1-12-16(22)5-4-6-17(12)24-25-19-13(2)26-27(20(19)28)21-23-18(11-30-21)14-7-9-15(29-3)10-8-14/h4-11,19H,1-3H3. The van der Waals surface area contributed by atoms with Gasteiger partial charge in [-0.15, -0.1) is 11.3 Å². The molecule has 7 nitrogen and oxygen atoms in total. The van der Waals surface area contributed by atoms with Gasteiger partial charge in [0.1, 0.15) is 5.75 Å². The van der Waals surface area contributed by atoms with Crippen LogP contribution in [0.1, 0.15) is 12.5 Å². The Morgan fingerprint density at radius 1 is 1.17 bits per heavy atom. The van der Waals surface area contributed by atoms with Crippen LogP contribution in [0, 0.1) is 6.92 Å². The van der Waals surface area contributed by atoms with Crippen LogP contribution >= 0.6 is 22.9 Å². The lowest BCUT2D eigenvalue weighted by Crippen LogP contribution is -2.29. The molecule has 1 amide bonds. The Bertz CT molecular complexity index is 1160. The van der Waals surface area contributed by atoms with Crippen LogP contribution in [0.15, 0.2) is 63.2 Å². The monoisotopic (exact) mass is 439 g/mol. The highest BCUT2D eigenvalue weighted by Crippen LogP contribution is 2.32. The Morgan fingerprint density at radius 3 is 2.67 bits per heavy atom. The van der Waals surface area contributed by atoms with Gasteiger partial charge in [0, 0.05) is 16.0 Å². The minimum Gasteiger partial charge on any atom is -0.497 e. The summed E-state index contributed by atoms with van der Waals surface area (Å²) in [7, 11) is 1.62. The zero-order chi connectivity index (χ0) is 21.3. The van der Waals surface area contributed by atoms with Gasteiger partial charge in [0.15, 0.2) is 6.04 Å². The first-order valence-electron chi connectivity index (χ1n) is 9.13. The molecule has 0 N–H and O–H groups in total. The van der Waals surface area contributed by atoms with Crippen molar-refractivity contribution in [1.82, 2.24) is 4.98 Å². The number of thiazole rings is 1. The number of hydrogen-bond donors (Lipinski definition) is 0. The van der Waals surface area contributed by atoms with E-state index in [0.717, 1.165) is 22.6 Å². The summed E-state index contributed by atoms with van der Waals surface area (Å²) < 4.78 is 5.18. The van der Waals surface area contributed by atoms with Gasteiger partial charge < -0.3 is 4.74 Å². The summed E-state index contributed by atoms with van der Waals surface area (Å²) in [5.74, 6) is 0.485. The molecule has 9 heteroatoms. The van der Waals surface area contributed by atoms with Crippen molar-refractivity contribution in [1.29, 1.82) is 0 Å². The number of anilines is 1. The van der Waals surface area contributed by atoms with E-state index in [0.29, 0.717) is 21.6 Å². The number of ether oxygens (including phenoxy) is 1. The number of aromatic nitrogens is 1. The van der Waals surface area contributed by atoms with Crippen molar-refractivity contribution >= 4 is 45.4 Å². The van der Waals surface area contributed by atoms with E-state index in [2.05, 4.69) is 20.3 Å². The van der Waals surface area contributed by atoms with Crippen LogP contribution in [-0.4, -0.2) is 29.8 Å². The molecule has 152 valence electrons. The van der Waals surface area contributed by atoms with Gasteiger partial charge in [-0.25, -0.2) is 4.98 Å². The lowest BCUT2D eigenvalue weighted by atomic mass is 10.2. The first-order valence-corrected chi connectivity index (χ1v) is 10.4. The molecule has 3 aromatic rings. The Balaban J connectivity index is 1.54. The van der Waals surface area contributed by atoms with Crippen LogP contribution < -0.4 is 9.75 Å². The summed E-state index contributed by atoms with van der Waals surface area (Å²) in [5.41, 5.74) is 3.68. The minimum absolute atomic E-state index is 0.286. The summed E-state index contributed by atoms with van der Waals surface area (Å²) >= 11 is 7.47. The number of hydrogen-bond acceptors (Lipinski definition) is 7. The second-order valence-electron chi connectivity index (χ2n) is 6.64. The van der Waals surface area contributed by atoms with Crippen molar-refractivity contribution in [2.24, 2.45) is 15.3 Å². The molecule has 0 bridgehead atoms. The van der Waals surface area contributed by atoms with Gasteiger partial charge >= 0.3 is 0 Å². The fourth-order valence-electron chi connectivity index (χ4n) is 2.91. The summed E-state index contributed by atoms with van der Waals surface area (Å²) in [5, 5.41) is 17.1. The quantitative estimate of drug-likeness (QED) is 0.481.